The van der Waals surface area contributed by atoms with Crippen molar-refractivity contribution in [1.29, 1.82) is 0 Å². The van der Waals surface area contributed by atoms with Crippen LogP contribution in [0.1, 0.15) is 20.8 Å². The van der Waals surface area contributed by atoms with E-state index in [4.69, 9.17) is 11.6 Å². The maximum absolute atomic E-state index is 12.1. The van der Waals surface area contributed by atoms with Crippen molar-refractivity contribution in [3.63, 3.8) is 0 Å². The van der Waals surface area contributed by atoms with E-state index in [-0.39, 0.29) is 10.7 Å². The average Bonchev–Trinajstić information content (AvgIpc) is 2.89. The molecular formula is C14H17ClN4OS. The van der Waals surface area contributed by atoms with Crippen LogP contribution in [-0.4, -0.2) is 31.2 Å². The Balaban J connectivity index is 2.16. The Kier molecular flexibility index (Phi) is 4.90. The molecule has 0 saturated carbocycles. The fourth-order valence-electron chi connectivity index (χ4n) is 1.61. The Morgan fingerprint density at radius 2 is 2.19 bits per heavy atom. The van der Waals surface area contributed by atoms with Gasteiger partial charge in [0.05, 0.1) is 17.1 Å². The standard InChI is InChI=1S/C14H17ClN4OS/c1-14(2,3)21-7-13(20)18-11-6-10(15)4-5-12(11)19-9-16-8-17-19/h4-6,8-9H,7H2,1-3H3,(H,18,20). The SMILES string of the molecule is CC(C)(C)SCC(=O)Nc1cc(Cl)ccc1-n1cncn1. The number of carbonyl (C=O) groups excluding carboxylic acids is 1. The number of hydrogen-bond donors (Lipinski definition) is 1. The van der Waals surface area contributed by atoms with Gasteiger partial charge in [-0.2, -0.15) is 5.10 Å². The number of nitrogens with zero attached hydrogens (tertiary/aromatic N) is 3. The lowest BCUT2D eigenvalue weighted by Gasteiger charge is -2.17. The number of hydrogen-bond acceptors (Lipinski definition) is 4. The van der Waals surface area contributed by atoms with E-state index in [2.05, 4.69) is 36.2 Å². The summed E-state index contributed by atoms with van der Waals surface area (Å²) >= 11 is 7.60. The molecule has 0 fully saturated rings. The first-order chi connectivity index (χ1) is 9.85. The molecule has 0 aliphatic rings. The van der Waals surface area contributed by atoms with Crippen molar-refractivity contribution in [2.24, 2.45) is 0 Å². The van der Waals surface area contributed by atoms with Crippen LogP contribution in [0.4, 0.5) is 5.69 Å². The second-order valence-electron chi connectivity index (χ2n) is 5.45. The second-order valence-corrected chi connectivity index (χ2v) is 7.69. The molecule has 21 heavy (non-hydrogen) atoms. The molecule has 1 aromatic heterocycles. The van der Waals surface area contributed by atoms with Crippen molar-refractivity contribution in [3.05, 3.63) is 35.9 Å². The van der Waals surface area contributed by atoms with Gasteiger partial charge in [-0.1, -0.05) is 32.4 Å². The topological polar surface area (TPSA) is 59.8 Å². The van der Waals surface area contributed by atoms with Gasteiger partial charge in [-0.05, 0) is 18.2 Å². The summed E-state index contributed by atoms with van der Waals surface area (Å²) in [7, 11) is 0. The monoisotopic (exact) mass is 324 g/mol. The number of aromatic nitrogens is 3. The molecule has 2 rings (SSSR count). The molecule has 7 heteroatoms. The van der Waals surface area contributed by atoms with Gasteiger partial charge in [-0.3, -0.25) is 4.79 Å². The summed E-state index contributed by atoms with van der Waals surface area (Å²) in [6.07, 6.45) is 3.01. The fourth-order valence-corrected chi connectivity index (χ4v) is 2.42. The minimum absolute atomic E-state index is 0.0421. The number of rotatable bonds is 4. The number of thioether (sulfide) groups is 1. The van der Waals surface area contributed by atoms with Crippen LogP contribution >= 0.6 is 23.4 Å². The zero-order chi connectivity index (χ0) is 15.5. The maximum Gasteiger partial charge on any atom is 0.234 e. The minimum atomic E-state index is -0.0708. The third-order valence-electron chi connectivity index (χ3n) is 2.53. The summed E-state index contributed by atoms with van der Waals surface area (Å²) in [4.78, 5) is 16.0. The van der Waals surface area contributed by atoms with Crippen LogP contribution in [0.3, 0.4) is 0 Å². The molecule has 5 nitrogen and oxygen atoms in total. The van der Waals surface area contributed by atoms with E-state index >= 15 is 0 Å². The van der Waals surface area contributed by atoms with E-state index < -0.39 is 0 Å². The molecule has 0 atom stereocenters. The zero-order valence-electron chi connectivity index (χ0n) is 12.1. The van der Waals surface area contributed by atoms with E-state index in [0.29, 0.717) is 16.5 Å². The molecule has 2 aromatic rings. The zero-order valence-corrected chi connectivity index (χ0v) is 13.7. The number of anilines is 1. The summed E-state index contributed by atoms with van der Waals surface area (Å²) in [5.74, 6) is 0.311. The Bertz CT molecular complexity index is 622. The first-order valence-electron chi connectivity index (χ1n) is 6.43. The smallest absolute Gasteiger partial charge is 0.234 e. The molecule has 0 aliphatic heterocycles. The number of benzene rings is 1. The van der Waals surface area contributed by atoms with Crippen molar-refractivity contribution in [1.82, 2.24) is 14.8 Å². The van der Waals surface area contributed by atoms with Gasteiger partial charge in [-0.25, -0.2) is 9.67 Å². The number of nitrogens with one attached hydrogen (secondary N) is 1. The van der Waals surface area contributed by atoms with Crippen molar-refractivity contribution in [3.8, 4) is 5.69 Å². The summed E-state index contributed by atoms with van der Waals surface area (Å²) < 4.78 is 1.63. The predicted octanol–water partition coefficient (Wildman–Crippen LogP) is 3.39. The van der Waals surface area contributed by atoms with E-state index in [0.717, 1.165) is 5.69 Å². The highest BCUT2D eigenvalue weighted by molar-refractivity contribution is 8.01. The van der Waals surface area contributed by atoms with Gasteiger partial charge in [0.2, 0.25) is 5.91 Å². The Hall–Kier alpha value is -1.53. The molecule has 0 unspecified atom stereocenters. The highest BCUT2D eigenvalue weighted by Gasteiger charge is 2.15. The van der Waals surface area contributed by atoms with E-state index in [1.807, 2.05) is 0 Å². The van der Waals surface area contributed by atoms with E-state index in [1.54, 1.807) is 41.0 Å². The van der Waals surface area contributed by atoms with Gasteiger partial charge in [0.15, 0.2) is 0 Å². The Labute approximate surface area is 133 Å². The van der Waals surface area contributed by atoms with Crippen LogP contribution < -0.4 is 5.32 Å². The van der Waals surface area contributed by atoms with Gasteiger partial charge in [0.25, 0.3) is 0 Å². The molecule has 0 spiro atoms. The quantitative estimate of drug-likeness (QED) is 0.936. The summed E-state index contributed by atoms with van der Waals surface area (Å²) in [6.45, 7) is 6.22. The summed E-state index contributed by atoms with van der Waals surface area (Å²) in [6, 6.07) is 5.25. The Morgan fingerprint density at radius 3 is 2.81 bits per heavy atom. The van der Waals surface area contributed by atoms with Crippen molar-refractivity contribution >= 4 is 35.0 Å². The van der Waals surface area contributed by atoms with Crippen LogP contribution in [0.5, 0.6) is 0 Å². The first kappa shape index (κ1) is 15.9. The molecular weight excluding hydrogens is 308 g/mol. The second kappa shape index (κ2) is 6.49. The van der Waals surface area contributed by atoms with Crippen LogP contribution in [0, 0.1) is 0 Å². The normalized spacial score (nSPS) is 11.4. The number of amides is 1. The molecule has 0 bridgehead atoms. The highest BCUT2D eigenvalue weighted by atomic mass is 35.5. The summed E-state index contributed by atoms with van der Waals surface area (Å²) in [5, 5.41) is 7.51. The van der Waals surface area contributed by atoms with Crippen molar-refractivity contribution in [2.75, 3.05) is 11.1 Å². The van der Waals surface area contributed by atoms with Gasteiger partial charge < -0.3 is 5.32 Å². The Morgan fingerprint density at radius 1 is 1.43 bits per heavy atom. The predicted molar refractivity (Wildman–Crippen MR) is 87.2 cm³/mol. The van der Waals surface area contributed by atoms with Crippen molar-refractivity contribution in [2.45, 2.75) is 25.5 Å². The molecule has 1 amide bonds. The van der Waals surface area contributed by atoms with Crippen LogP contribution in [-0.2, 0) is 4.79 Å². The fraction of sp³-hybridized carbons (Fsp3) is 0.357. The van der Waals surface area contributed by atoms with Crippen LogP contribution in [0.25, 0.3) is 5.69 Å². The summed E-state index contributed by atoms with van der Waals surface area (Å²) in [5.41, 5.74) is 1.35. The molecule has 0 radical (unpaired) electrons. The third-order valence-corrected chi connectivity index (χ3v) is 4.04. The molecule has 112 valence electrons. The van der Waals surface area contributed by atoms with Crippen LogP contribution in [0.2, 0.25) is 5.02 Å². The van der Waals surface area contributed by atoms with Crippen molar-refractivity contribution < 1.29 is 4.79 Å². The molecule has 1 heterocycles. The maximum atomic E-state index is 12.1. The first-order valence-corrected chi connectivity index (χ1v) is 7.80. The van der Waals surface area contributed by atoms with E-state index in [1.165, 1.54) is 6.33 Å². The highest BCUT2D eigenvalue weighted by Crippen LogP contribution is 2.26. The molecule has 1 N–H and O–H groups in total. The van der Waals surface area contributed by atoms with Gasteiger partial charge >= 0.3 is 0 Å². The lowest BCUT2D eigenvalue weighted by molar-refractivity contribution is -0.113. The molecule has 1 aromatic carbocycles. The largest absolute Gasteiger partial charge is 0.323 e. The van der Waals surface area contributed by atoms with Gasteiger partial charge in [0.1, 0.15) is 12.7 Å². The van der Waals surface area contributed by atoms with Gasteiger partial charge in [-0.15, -0.1) is 11.8 Å². The minimum Gasteiger partial charge on any atom is -0.323 e. The lowest BCUT2D eigenvalue weighted by Crippen LogP contribution is -2.19. The number of carbonyl (C=O) groups is 1. The van der Waals surface area contributed by atoms with Crippen LogP contribution in [0.15, 0.2) is 30.9 Å². The third kappa shape index (κ3) is 4.75. The van der Waals surface area contributed by atoms with E-state index in [9.17, 15) is 4.79 Å². The lowest BCUT2D eigenvalue weighted by atomic mass is 10.2. The molecule has 0 saturated heterocycles. The number of halogens is 1. The van der Waals surface area contributed by atoms with Gasteiger partial charge in [0, 0.05) is 9.77 Å². The average molecular weight is 325 g/mol. The molecule has 0 aliphatic carbocycles.